The molecule has 2 fully saturated rings. The quantitative estimate of drug-likeness (QED) is 0.374. The average molecular weight is 482 g/mol. The molecule has 4 aromatic rings. The van der Waals surface area contributed by atoms with Crippen LogP contribution in [0.2, 0.25) is 5.02 Å². The van der Waals surface area contributed by atoms with Crippen molar-refractivity contribution in [2.45, 2.75) is 57.6 Å². The molecule has 3 aromatic heterocycles. The van der Waals surface area contributed by atoms with Crippen LogP contribution in [0.3, 0.4) is 0 Å². The lowest BCUT2D eigenvalue weighted by Crippen LogP contribution is -2.20. The van der Waals surface area contributed by atoms with E-state index in [4.69, 9.17) is 25.4 Å². The molecule has 0 bridgehead atoms. The SMILES string of the molecule is [2H]C1([2H])C[C@H](c2nc(-c3ccc(Cl)cc3F)c3nc(C)c(C)nc3n2)C[C@]([2H])(c2cnn(C3CC3)c2)O1. The summed E-state index contributed by atoms with van der Waals surface area (Å²) >= 11 is 5.98. The van der Waals surface area contributed by atoms with Gasteiger partial charge in [0, 0.05) is 34.8 Å². The molecule has 1 aliphatic carbocycles. The van der Waals surface area contributed by atoms with E-state index in [0.717, 1.165) is 12.8 Å². The molecule has 0 radical (unpaired) electrons. The Morgan fingerprint density at radius 3 is 2.76 bits per heavy atom. The zero-order valence-corrected chi connectivity index (χ0v) is 19.5. The van der Waals surface area contributed by atoms with E-state index in [-0.39, 0.29) is 40.6 Å². The van der Waals surface area contributed by atoms with Gasteiger partial charge in [-0.25, -0.2) is 24.3 Å². The molecule has 2 atom stereocenters. The van der Waals surface area contributed by atoms with Gasteiger partial charge in [0.2, 0.25) is 0 Å². The first-order valence-electron chi connectivity index (χ1n) is 12.7. The third-order valence-electron chi connectivity index (χ3n) is 6.31. The number of aromatic nitrogens is 6. The van der Waals surface area contributed by atoms with Crippen LogP contribution in [-0.2, 0) is 4.74 Å². The molecule has 0 unspecified atom stereocenters. The minimum absolute atomic E-state index is 0.0727. The number of halogens is 2. The number of benzene rings is 1. The summed E-state index contributed by atoms with van der Waals surface area (Å²) in [5.41, 5.74) is 2.86. The van der Waals surface area contributed by atoms with Crippen LogP contribution in [0.1, 0.15) is 70.6 Å². The van der Waals surface area contributed by atoms with Gasteiger partial charge in [0.25, 0.3) is 0 Å². The lowest BCUT2D eigenvalue weighted by molar-refractivity contribution is 0.00396. The molecule has 34 heavy (non-hydrogen) atoms. The van der Waals surface area contributed by atoms with E-state index in [1.165, 1.54) is 12.1 Å². The summed E-state index contributed by atoms with van der Waals surface area (Å²) in [6, 6.07) is 4.63. The Hall–Kier alpha value is -2.97. The smallest absolute Gasteiger partial charge is 0.182 e. The van der Waals surface area contributed by atoms with Gasteiger partial charge >= 0.3 is 0 Å². The van der Waals surface area contributed by atoms with Crippen LogP contribution >= 0.6 is 11.6 Å². The number of rotatable bonds is 4. The van der Waals surface area contributed by atoms with Crippen LogP contribution in [0.5, 0.6) is 0 Å². The van der Waals surface area contributed by atoms with Gasteiger partial charge in [0.1, 0.15) is 22.9 Å². The monoisotopic (exact) mass is 481 g/mol. The fraction of sp³-hybridized carbons (Fsp3) is 0.400. The third-order valence-corrected chi connectivity index (χ3v) is 6.55. The van der Waals surface area contributed by atoms with Crippen molar-refractivity contribution in [3.63, 3.8) is 0 Å². The van der Waals surface area contributed by atoms with E-state index in [2.05, 4.69) is 20.1 Å². The standard InChI is InChI=1S/C25H24ClFN6O/c1-13-14(2)30-25-23(29-13)22(19-6-3-17(26)10-20(19)27)31-24(32-25)15-7-8-34-21(9-15)16-11-28-33(12-16)18-4-5-18/h3,6,10-12,15,18,21H,4-5,7-9H2,1-2H3/t15-,21+/m0/s1/i8D2,21D. The van der Waals surface area contributed by atoms with Gasteiger partial charge in [-0.1, -0.05) is 11.6 Å². The lowest BCUT2D eigenvalue weighted by Gasteiger charge is -2.28. The second kappa shape index (κ2) is 8.36. The van der Waals surface area contributed by atoms with Crippen molar-refractivity contribution in [2.24, 2.45) is 0 Å². The molecule has 2 aliphatic rings. The van der Waals surface area contributed by atoms with Gasteiger partial charge in [-0.3, -0.25) is 4.68 Å². The number of ether oxygens (including phenoxy) is 1. The summed E-state index contributed by atoms with van der Waals surface area (Å²) in [7, 11) is 0. The highest BCUT2D eigenvalue weighted by molar-refractivity contribution is 6.30. The maximum Gasteiger partial charge on any atom is 0.182 e. The molecule has 4 heterocycles. The minimum atomic E-state index is -2.12. The summed E-state index contributed by atoms with van der Waals surface area (Å²) in [6.07, 6.45) is 3.72. The zero-order valence-electron chi connectivity index (χ0n) is 21.7. The maximum atomic E-state index is 15.0. The Morgan fingerprint density at radius 2 is 1.97 bits per heavy atom. The Bertz CT molecular complexity index is 1540. The van der Waals surface area contributed by atoms with E-state index < -0.39 is 24.4 Å². The van der Waals surface area contributed by atoms with Crippen molar-refractivity contribution in [2.75, 3.05) is 6.56 Å². The minimum Gasteiger partial charge on any atom is -0.373 e. The van der Waals surface area contributed by atoms with Crippen LogP contribution < -0.4 is 0 Å². The summed E-state index contributed by atoms with van der Waals surface area (Å²) in [5, 5.41) is 4.62. The van der Waals surface area contributed by atoms with Crippen molar-refractivity contribution in [3.8, 4) is 11.3 Å². The molecular formula is C25H24ClFN6O. The van der Waals surface area contributed by atoms with E-state index in [1.807, 2.05) is 11.6 Å². The molecule has 1 aromatic carbocycles. The van der Waals surface area contributed by atoms with Crippen LogP contribution in [0.15, 0.2) is 30.6 Å². The summed E-state index contributed by atoms with van der Waals surface area (Å²) in [5.74, 6) is -0.914. The third kappa shape index (κ3) is 3.95. The maximum absolute atomic E-state index is 15.0. The molecule has 0 spiro atoms. The first-order chi connectivity index (χ1) is 17.5. The predicted molar refractivity (Wildman–Crippen MR) is 126 cm³/mol. The highest BCUT2D eigenvalue weighted by Gasteiger charge is 2.31. The molecule has 6 rings (SSSR count). The molecule has 1 saturated carbocycles. The van der Waals surface area contributed by atoms with Gasteiger partial charge in [0.15, 0.2) is 5.65 Å². The van der Waals surface area contributed by atoms with E-state index >= 15 is 4.39 Å². The van der Waals surface area contributed by atoms with E-state index in [1.54, 1.807) is 25.4 Å². The molecule has 1 aliphatic heterocycles. The van der Waals surface area contributed by atoms with Crippen molar-refractivity contribution < 1.29 is 13.2 Å². The Balaban J connectivity index is 1.48. The van der Waals surface area contributed by atoms with Crippen molar-refractivity contribution in [3.05, 3.63) is 64.2 Å². The molecule has 174 valence electrons. The van der Waals surface area contributed by atoms with Crippen molar-refractivity contribution in [1.82, 2.24) is 29.7 Å². The summed E-state index contributed by atoms with van der Waals surface area (Å²) in [4.78, 5) is 18.5. The fourth-order valence-electron chi connectivity index (χ4n) is 4.13. The normalized spacial score (nSPS) is 25.6. The van der Waals surface area contributed by atoms with Gasteiger partial charge in [-0.2, -0.15) is 5.10 Å². The molecular weight excluding hydrogens is 455 g/mol. The van der Waals surface area contributed by atoms with Crippen LogP contribution in [0.25, 0.3) is 22.4 Å². The van der Waals surface area contributed by atoms with Crippen molar-refractivity contribution in [1.29, 1.82) is 0 Å². The van der Waals surface area contributed by atoms with Crippen molar-refractivity contribution >= 4 is 22.8 Å². The predicted octanol–water partition coefficient (Wildman–Crippen LogP) is 5.66. The van der Waals surface area contributed by atoms with Gasteiger partial charge in [-0.15, -0.1) is 0 Å². The number of aryl methyl sites for hydroxylation is 2. The Morgan fingerprint density at radius 1 is 1.15 bits per heavy atom. The lowest BCUT2D eigenvalue weighted by atomic mass is 9.92. The van der Waals surface area contributed by atoms with Gasteiger partial charge in [0.05, 0.1) is 33.8 Å². The Labute approximate surface area is 205 Å². The topological polar surface area (TPSA) is 78.6 Å². The van der Waals surface area contributed by atoms with Gasteiger partial charge in [-0.05, 0) is 57.7 Å². The first-order valence-corrected chi connectivity index (χ1v) is 11.6. The largest absolute Gasteiger partial charge is 0.373 e. The van der Waals surface area contributed by atoms with Crippen LogP contribution in [0.4, 0.5) is 4.39 Å². The molecule has 7 nitrogen and oxygen atoms in total. The highest BCUT2D eigenvalue weighted by Crippen LogP contribution is 2.40. The molecule has 9 heteroatoms. The molecule has 1 saturated heterocycles. The highest BCUT2D eigenvalue weighted by atomic mass is 35.5. The molecule has 0 amide bonds. The fourth-order valence-corrected chi connectivity index (χ4v) is 4.29. The van der Waals surface area contributed by atoms with Crippen LogP contribution in [0, 0.1) is 19.7 Å². The zero-order chi connectivity index (χ0) is 26.1. The first kappa shape index (κ1) is 18.4. The van der Waals surface area contributed by atoms with E-state index in [0.29, 0.717) is 28.5 Å². The Kier molecular flexibility index (Phi) is 4.52. The summed E-state index contributed by atoms with van der Waals surface area (Å²) in [6.45, 7) is 1.50. The number of fused-ring (bicyclic) bond motifs is 1. The second-order valence-electron chi connectivity index (χ2n) is 8.84. The van der Waals surface area contributed by atoms with Gasteiger partial charge < -0.3 is 4.74 Å². The van der Waals surface area contributed by atoms with Crippen LogP contribution in [-0.4, -0.2) is 36.3 Å². The molecule has 0 N–H and O–H groups in total. The van der Waals surface area contributed by atoms with E-state index in [9.17, 15) is 0 Å². The summed E-state index contributed by atoms with van der Waals surface area (Å²) < 4.78 is 48.5. The number of nitrogens with zero attached hydrogens (tertiary/aromatic N) is 6. The second-order valence-corrected chi connectivity index (χ2v) is 9.27. The number of hydrogen-bond acceptors (Lipinski definition) is 6. The number of hydrogen-bond donors (Lipinski definition) is 0. The average Bonchev–Trinajstić information content (AvgIpc) is 3.54.